The van der Waals surface area contributed by atoms with E-state index in [4.69, 9.17) is 10.00 Å². The minimum Gasteiger partial charge on any atom is -0.479 e. The molecule has 0 aromatic carbocycles. The van der Waals surface area contributed by atoms with E-state index in [1.165, 1.54) is 11.1 Å². The Labute approximate surface area is 146 Å². The third-order valence-corrected chi connectivity index (χ3v) is 3.95. The topological polar surface area (TPSA) is 107 Å². The Hall–Kier alpha value is -2.82. The van der Waals surface area contributed by atoms with Gasteiger partial charge in [-0.25, -0.2) is 14.6 Å². The highest BCUT2D eigenvalue weighted by Crippen LogP contribution is 2.28. The summed E-state index contributed by atoms with van der Waals surface area (Å²) in [4.78, 5) is 31.5. The zero-order valence-corrected chi connectivity index (χ0v) is 14.8. The van der Waals surface area contributed by atoms with Gasteiger partial charge in [-0.15, -0.1) is 0 Å². The lowest BCUT2D eigenvalue weighted by Crippen LogP contribution is -2.66. The number of amides is 1. The molecule has 0 aliphatic carbocycles. The number of carbonyl (C=O) groups excluding carboxylic acids is 1. The van der Waals surface area contributed by atoms with Crippen molar-refractivity contribution in [2.24, 2.45) is 0 Å². The summed E-state index contributed by atoms with van der Waals surface area (Å²) in [5.41, 5.74) is -1.60. The van der Waals surface area contributed by atoms with E-state index in [0.29, 0.717) is 24.5 Å². The van der Waals surface area contributed by atoms with Gasteiger partial charge >= 0.3 is 12.1 Å². The molecule has 1 aliphatic heterocycles. The molecule has 1 aliphatic rings. The van der Waals surface area contributed by atoms with E-state index in [1.807, 2.05) is 6.07 Å². The number of carboxylic acids is 1. The van der Waals surface area contributed by atoms with Crippen LogP contribution in [0.15, 0.2) is 18.3 Å². The monoisotopic (exact) mass is 346 g/mol. The number of pyridine rings is 1. The molecule has 1 aromatic heterocycles. The summed E-state index contributed by atoms with van der Waals surface area (Å²) >= 11 is 0. The Kier molecular flexibility index (Phi) is 4.88. The van der Waals surface area contributed by atoms with Crippen molar-refractivity contribution in [2.75, 3.05) is 24.5 Å². The summed E-state index contributed by atoms with van der Waals surface area (Å²) in [6, 6.07) is 5.18. The van der Waals surface area contributed by atoms with Crippen LogP contribution in [0.4, 0.5) is 10.6 Å². The van der Waals surface area contributed by atoms with E-state index in [2.05, 4.69) is 4.98 Å². The number of hydrogen-bond donors (Lipinski definition) is 1. The Balaban J connectivity index is 2.26. The minimum atomic E-state index is -1.35. The standard InChI is InChI=1S/C17H22N4O4/c1-16(2,3)25-15(24)20-7-8-21(17(4,11-20)14(22)23)13-6-5-12(9-18)10-19-13/h5-6,10H,7-8,11H2,1-4H3,(H,22,23). The van der Waals surface area contributed by atoms with E-state index in [9.17, 15) is 14.7 Å². The number of carboxylic acid groups (broad SMARTS) is 1. The summed E-state index contributed by atoms with van der Waals surface area (Å²) in [6.45, 7) is 7.42. The van der Waals surface area contributed by atoms with Crippen molar-refractivity contribution in [1.82, 2.24) is 9.88 Å². The van der Waals surface area contributed by atoms with Gasteiger partial charge in [-0.05, 0) is 39.8 Å². The maximum absolute atomic E-state index is 12.3. The quantitative estimate of drug-likeness (QED) is 0.871. The van der Waals surface area contributed by atoms with Crippen LogP contribution in [0.3, 0.4) is 0 Å². The lowest BCUT2D eigenvalue weighted by molar-refractivity contribution is -0.144. The number of carbonyl (C=O) groups is 2. The summed E-state index contributed by atoms with van der Waals surface area (Å²) in [6.07, 6.45) is 0.866. The average Bonchev–Trinajstić information content (AvgIpc) is 2.53. The number of nitrogens with zero attached hydrogens (tertiary/aromatic N) is 4. The SMILES string of the molecule is CC(C)(C)OC(=O)N1CCN(c2ccc(C#N)cn2)C(C)(C(=O)O)C1. The molecule has 1 saturated heterocycles. The van der Waals surface area contributed by atoms with Crippen LogP contribution in [-0.4, -0.2) is 57.8 Å². The molecule has 8 heteroatoms. The molecule has 1 fully saturated rings. The summed E-state index contributed by atoms with van der Waals surface area (Å²) in [5.74, 6) is -0.611. The third-order valence-electron chi connectivity index (χ3n) is 3.95. The number of piperazine rings is 1. The molecule has 0 saturated carbocycles. The summed E-state index contributed by atoms with van der Waals surface area (Å²) in [7, 11) is 0. The predicted octanol–water partition coefficient (Wildman–Crippen LogP) is 1.85. The first-order valence-corrected chi connectivity index (χ1v) is 7.92. The number of aromatic nitrogens is 1. The Morgan fingerprint density at radius 3 is 2.52 bits per heavy atom. The molecule has 2 heterocycles. The van der Waals surface area contributed by atoms with E-state index < -0.39 is 23.2 Å². The number of hydrogen-bond acceptors (Lipinski definition) is 6. The van der Waals surface area contributed by atoms with Gasteiger partial charge in [0.05, 0.1) is 12.1 Å². The second-order valence-corrected chi connectivity index (χ2v) is 7.15. The Bertz CT molecular complexity index is 705. The molecule has 1 atom stereocenters. The fraction of sp³-hybridized carbons (Fsp3) is 0.529. The van der Waals surface area contributed by atoms with Crippen molar-refractivity contribution >= 4 is 17.9 Å². The molecular weight excluding hydrogens is 324 g/mol. The van der Waals surface area contributed by atoms with Gasteiger partial charge in [-0.1, -0.05) is 0 Å². The van der Waals surface area contributed by atoms with Gasteiger partial charge in [0.25, 0.3) is 0 Å². The number of nitriles is 1. The van der Waals surface area contributed by atoms with Crippen molar-refractivity contribution in [3.8, 4) is 6.07 Å². The van der Waals surface area contributed by atoms with Crippen LogP contribution in [0, 0.1) is 11.3 Å². The van der Waals surface area contributed by atoms with Crippen LogP contribution in [0.1, 0.15) is 33.3 Å². The normalized spacial score (nSPS) is 20.8. The fourth-order valence-corrected chi connectivity index (χ4v) is 2.65. The zero-order chi connectivity index (χ0) is 18.8. The molecule has 1 N–H and O–H groups in total. The lowest BCUT2D eigenvalue weighted by Gasteiger charge is -2.46. The molecule has 1 aromatic rings. The first kappa shape index (κ1) is 18.5. The highest BCUT2D eigenvalue weighted by atomic mass is 16.6. The molecule has 1 unspecified atom stereocenters. The van der Waals surface area contributed by atoms with Gasteiger partial charge in [0.15, 0.2) is 5.54 Å². The van der Waals surface area contributed by atoms with Gasteiger partial charge in [-0.2, -0.15) is 5.26 Å². The molecule has 1 amide bonds. The number of aliphatic carboxylic acids is 1. The lowest BCUT2D eigenvalue weighted by atomic mass is 9.96. The first-order chi connectivity index (χ1) is 11.6. The van der Waals surface area contributed by atoms with Gasteiger partial charge in [0.1, 0.15) is 17.5 Å². The average molecular weight is 346 g/mol. The second-order valence-electron chi connectivity index (χ2n) is 7.15. The van der Waals surface area contributed by atoms with E-state index in [-0.39, 0.29) is 6.54 Å². The van der Waals surface area contributed by atoms with Crippen LogP contribution >= 0.6 is 0 Å². The van der Waals surface area contributed by atoms with E-state index in [0.717, 1.165) is 0 Å². The maximum atomic E-state index is 12.3. The molecule has 0 spiro atoms. The van der Waals surface area contributed by atoms with Gasteiger partial charge in [0, 0.05) is 19.3 Å². The molecule has 2 rings (SSSR count). The van der Waals surface area contributed by atoms with Gasteiger partial charge in [-0.3, -0.25) is 0 Å². The molecule has 0 bridgehead atoms. The van der Waals surface area contributed by atoms with Crippen LogP contribution in [0.5, 0.6) is 0 Å². The van der Waals surface area contributed by atoms with Crippen molar-refractivity contribution in [3.63, 3.8) is 0 Å². The molecule has 8 nitrogen and oxygen atoms in total. The van der Waals surface area contributed by atoms with Crippen LogP contribution in [-0.2, 0) is 9.53 Å². The molecule has 134 valence electrons. The second kappa shape index (κ2) is 6.59. The maximum Gasteiger partial charge on any atom is 0.410 e. The highest BCUT2D eigenvalue weighted by Gasteiger charge is 2.46. The van der Waals surface area contributed by atoms with Crippen molar-refractivity contribution in [2.45, 2.75) is 38.8 Å². The fourth-order valence-electron chi connectivity index (χ4n) is 2.65. The number of ether oxygens (including phenoxy) is 1. The first-order valence-electron chi connectivity index (χ1n) is 7.92. The molecule has 25 heavy (non-hydrogen) atoms. The van der Waals surface area contributed by atoms with Crippen molar-refractivity contribution < 1.29 is 19.4 Å². The Morgan fingerprint density at radius 1 is 1.36 bits per heavy atom. The molecular formula is C17H22N4O4. The van der Waals surface area contributed by atoms with Gasteiger partial charge in [0.2, 0.25) is 0 Å². The number of anilines is 1. The zero-order valence-electron chi connectivity index (χ0n) is 14.8. The summed E-state index contributed by atoms with van der Waals surface area (Å²) in [5, 5.41) is 18.6. The highest BCUT2D eigenvalue weighted by molar-refractivity contribution is 5.84. The van der Waals surface area contributed by atoms with Crippen molar-refractivity contribution in [3.05, 3.63) is 23.9 Å². The number of rotatable bonds is 2. The van der Waals surface area contributed by atoms with Crippen LogP contribution in [0.2, 0.25) is 0 Å². The molecule has 0 radical (unpaired) electrons. The summed E-state index contributed by atoms with van der Waals surface area (Å²) < 4.78 is 5.35. The van der Waals surface area contributed by atoms with Gasteiger partial charge < -0.3 is 19.6 Å². The van der Waals surface area contributed by atoms with Crippen LogP contribution in [0.25, 0.3) is 0 Å². The van der Waals surface area contributed by atoms with Crippen molar-refractivity contribution in [1.29, 1.82) is 5.26 Å². The van der Waals surface area contributed by atoms with Crippen LogP contribution < -0.4 is 4.90 Å². The smallest absolute Gasteiger partial charge is 0.410 e. The Morgan fingerprint density at radius 2 is 2.04 bits per heavy atom. The van der Waals surface area contributed by atoms with E-state index in [1.54, 1.807) is 44.7 Å². The third kappa shape index (κ3) is 3.99. The van der Waals surface area contributed by atoms with E-state index >= 15 is 0 Å². The largest absolute Gasteiger partial charge is 0.479 e. The minimum absolute atomic E-state index is 0.0288. The predicted molar refractivity (Wildman–Crippen MR) is 90.1 cm³/mol.